The van der Waals surface area contributed by atoms with Crippen molar-refractivity contribution >= 4 is 53.1 Å². The normalized spacial score (nSPS) is 11.8. The summed E-state index contributed by atoms with van der Waals surface area (Å²) in [6.45, 7) is 2.22. The summed E-state index contributed by atoms with van der Waals surface area (Å²) >= 11 is 3.62. The van der Waals surface area contributed by atoms with Crippen molar-refractivity contribution in [1.29, 1.82) is 0 Å². The molecule has 0 saturated carbocycles. The van der Waals surface area contributed by atoms with Crippen molar-refractivity contribution < 1.29 is 4.57 Å². The summed E-state index contributed by atoms with van der Waals surface area (Å²) in [5, 5.41) is 4.76. The maximum Gasteiger partial charge on any atom is 0.287 e. The fourth-order valence-corrected chi connectivity index (χ4v) is 5.81. The molecule has 5 rings (SSSR count). The molecule has 0 aliphatic heterocycles. The number of nitrogens with zero attached hydrogens (tertiary/aromatic N) is 2. The van der Waals surface area contributed by atoms with Crippen LogP contribution < -0.4 is 4.57 Å². The first kappa shape index (κ1) is 14.1. The third-order valence-electron chi connectivity index (χ3n) is 4.65. The predicted molar refractivity (Wildman–Crippen MR) is 104 cm³/mol. The van der Waals surface area contributed by atoms with E-state index in [1.54, 1.807) is 11.3 Å². The zero-order chi connectivity index (χ0) is 16.3. The first-order valence-corrected chi connectivity index (χ1v) is 9.57. The summed E-state index contributed by atoms with van der Waals surface area (Å²) in [4.78, 5) is 4.70. The molecule has 5 aromatic rings. The van der Waals surface area contributed by atoms with Crippen LogP contribution >= 0.6 is 22.7 Å². The van der Waals surface area contributed by atoms with E-state index in [9.17, 15) is 0 Å². The van der Waals surface area contributed by atoms with E-state index in [1.165, 1.54) is 41.7 Å². The lowest BCUT2D eigenvalue weighted by Crippen LogP contribution is -2.31. The number of rotatable bonds is 1. The van der Waals surface area contributed by atoms with Crippen LogP contribution in [0.5, 0.6) is 0 Å². The van der Waals surface area contributed by atoms with Crippen LogP contribution in [0.3, 0.4) is 0 Å². The summed E-state index contributed by atoms with van der Waals surface area (Å²) in [6, 6.07) is 15.3. The van der Waals surface area contributed by atoms with E-state index >= 15 is 0 Å². The summed E-state index contributed by atoms with van der Waals surface area (Å²) in [6.07, 6.45) is 1.94. The van der Waals surface area contributed by atoms with Gasteiger partial charge in [0.05, 0.1) is 16.4 Å². The molecular formula is C20H15N2S2+. The Labute approximate surface area is 147 Å². The van der Waals surface area contributed by atoms with E-state index in [-0.39, 0.29) is 0 Å². The Morgan fingerprint density at radius 2 is 1.88 bits per heavy atom. The molecule has 0 fully saturated rings. The van der Waals surface area contributed by atoms with Crippen LogP contribution in [0.15, 0.2) is 54.2 Å². The Hall–Kier alpha value is -2.30. The topological polar surface area (TPSA) is 16.8 Å². The van der Waals surface area contributed by atoms with Gasteiger partial charge >= 0.3 is 0 Å². The van der Waals surface area contributed by atoms with Gasteiger partial charge < -0.3 is 0 Å². The minimum atomic E-state index is 1.13. The minimum absolute atomic E-state index is 1.13. The number of aryl methyl sites for hydroxylation is 2. The number of hydrogen-bond acceptors (Lipinski definition) is 3. The second kappa shape index (κ2) is 5.10. The largest absolute Gasteiger partial charge is 0.287 e. The predicted octanol–water partition coefficient (Wildman–Crippen LogP) is 5.46. The standard InChI is InChI=1S/C20H15N2S2/c1-12-14-6-4-3-5-13(14)7-8-15(12)18-20-17(21-11-22(18)2)19-16(24-20)9-10-23-19/h3-11H,1-2H3/q+1. The van der Waals surface area contributed by atoms with Crippen LogP contribution in [0, 0.1) is 6.92 Å². The monoisotopic (exact) mass is 347 g/mol. The maximum absolute atomic E-state index is 4.70. The van der Waals surface area contributed by atoms with Gasteiger partial charge in [0.25, 0.3) is 6.33 Å². The SMILES string of the molecule is Cc1c(-c2c3sc4ccsc4c3nc[n+]2C)ccc2ccccc12. The van der Waals surface area contributed by atoms with E-state index in [4.69, 9.17) is 4.98 Å². The highest BCUT2D eigenvalue weighted by Crippen LogP contribution is 2.40. The average molecular weight is 347 g/mol. The molecule has 0 aliphatic carbocycles. The summed E-state index contributed by atoms with van der Waals surface area (Å²) < 4.78 is 6.06. The van der Waals surface area contributed by atoms with Crippen molar-refractivity contribution in [3.63, 3.8) is 0 Å². The van der Waals surface area contributed by atoms with E-state index in [2.05, 4.69) is 66.4 Å². The Morgan fingerprint density at radius 1 is 1.00 bits per heavy atom. The molecule has 0 spiro atoms. The van der Waals surface area contributed by atoms with Gasteiger partial charge in [-0.1, -0.05) is 30.3 Å². The number of benzene rings is 2. The quantitative estimate of drug-likeness (QED) is 0.368. The third kappa shape index (κ3) is 1.87. The van der Waals surface area contributed by atoms with Crippen LogP contribution in [0.1, 0.15) is 5.56 Å². The second-order valence-electron chi connectivity index (χ2n) is 6.06. The second-order valence-corrected chi connectivity index (χ2v) is 8.03. The zero-order valence-corrected chi connectivity index (χ0v) is 15.0. The van der Waals surface area contributed by atoms with Gasteiger partial charge in [0, 0.05) is 5.56 Å². The van der Waals surface area contributed by atoms with Crippen molar-refractivity contribution in [2.75, 3.05) is 0 Å². The Kier molecular flexibility index (Phi) is 2.99. The molecule has 4 heteroatoms. The van der Waals surface area contributed by atoms with Crippen LogP contribution in [0.25, 0.3) is 41.6 Å². The Morgan fingerprint density at radius 3 is 2.79 bits per heavy atom. The third-order valence-corrected chi connectivity index (χ3v) is 6.85. The van der Waals surface area contributed by atoms with Crippen LogP contribution in [-0.4, -0.2) is 4.98 Å². The molecule has 0 atom stereocenters. The molecule has 0 bridgehead atoms. The number of hydrogen-bond donors (Lipinski definition) is 0. The molecule has 0 amide bonds. The summed E-state index contributed by atoms with van der Waals surface area (Å²) in [5.41, 5.74) is 5.01. The van der Waals surface area contributed by atoms with E-state index in [0.29, 0.717) is 0 Å². The van der Waals surface area contributed by atoms with Crippen LogP contribution in [0.2, 0.25) is 0 Å². The molecule has 2 aromatic carbocycles. The molecule has 3 heterocycles. The van der Waals surface area contributed by atoms with Gasteiger partial charge in [0.2, 0.25) is 5.52 Å². The van der Waals surface area contributed by atoms with Crippen molar-refractivity contribution in [1.82, 2.24) is 4.98 Å². The first-order chi connectivity index (χ1) is 11.7. The fourth-order valence-electron chi connectivity index (χ4n) is 3.45. The van der Waals surface area contributed by atoms with E-state index < -0.39 is 0 Å². The van der Waals surface area contributed by atoms with Crippen molar-refractivity contribution in [3.8, 4) is 11.3 Å². The molecule has 0 aliphatic rings. The van der Waals surface area contributed by atoms with Gasteiger partial charge in [-0.15, -0.1) is 22.7 Å². The molecule has 3 aromatic heterocycles. The van der Waals surface area contributed by atoms with Gasteiger partial charge in [0.15, 0.2) is 5.69 Å². The number of thiophene rings is 2. The lowest BCUT2D eigenvalue weighted by molar-refractivity contribution is -0.662. The maximum atomic E-state index is 4.70. The molecule has 0 unspecified atom stereocenters. The Balaban J connectivity index is 1.92. The Bertz CT molecular complexity index is 1230. The number of aromatic nitrogens is 2. The zero-order valence-electron chi connectivity index (χ0n) is 13.4. The van der Waals surface area contributed by atoms with Crippen molar-refractivity contribution in [2.45, 2.75) is 6.92 Å². The van der Waals surface area contributed by atoms with E-state index in [1.807, 2.05) is 17.7 Å². The van der Waals surface area contributed by atoms with Crippen molar-refractivity contribution in [3.05, 3.63) is 59.7 Å². The highest BCUT2D eigenvalue weighted by Gasteiger charge is 2.22. The van der Waals surface area contributed by atoms with Gasteiger partial charge in [-0.25, -0.2) is 4.57 Å². The summed E-state index contributed by atoms with van der Waals surface area (Å²) in [7, 11) is 2.09. The molecular weight excluding hydrogens is 332 g/mol. The van der Waals surface area contributed by atoms with Crippen molar-refractivity contribution in [2.24, 2.45) is 7.05 Å². The highest BCUT2D eigenvalue weighted by molar-refractivity contribution is 7.32. The number of fused-ring (bicyclic) bond motifs is 4. The summed E-state index contributed by atoms with van der Waals surface area (Å²) in [5.74, 6) is 0. The average Bonchev–Trinajstić information content (AvgIpc) is 3.17. The van der Waals surface area contributed by atoms with Gasteiger partial charge in [-0.05, 0) is 45.8 Å². The van der Waals surface area contributed by atoms with Gasteiger partial charge in [-0.3, -0.25) is 0 Å². The molecule has 116 valence electrons. The fraction of sp³-hybridized carbons (Fsp3) is 0.100. The smallest absolute Gasteiger partial charge is 0.231 e. The highest BCUT2D eigenvalue weighted by atomic mass is 32.1. The minimum Gasteiger partial charge on any atom is -0.231 e. The van der Waals surface area contributed by atoms with Crippen LogP contribution in [-0.2, 0) is 7.05 Å². The molecule has 24 heavy (non-hydrogen) atoms. The van der Waals surface area contributed by atoms with Crippen LogP contribution in [0.4, 0.5) is 0 Å². The van der Waals surface area contributed by atoms with Gasteiger partial charge in [0.1, 0.15) is 4.70 Å². The van der Waals surface area contributed by atoms with E-state index in [0.717, 1.165) is 5.52 Å². The van der Waals surface area contributed by atoms with Gasteiger partial charge in [-0.2, -0.15) is 0 Å². The first-order valence-electron chi connectivity index (χ1n) is 7.87. The molecule has 0 radical (unpaired) electrons. The molecule has 0 N–H and O–H groups in total. The lowest BCUT2D eigenvalue weighted by Gasteiger charge is -2.10. The lowest BCUT2D eigenvalue weighted by atomic mass is 9.97. The molecule has 2 nitrogen and oxygen atoms in total. The molecule has 0 saturated heterocycles.